The molecular formula is C22H32IN3O2. The largest absolute Gasteiger partial charge is 0.491 e. The molecular weight excluding hydrogens is 465 g/mol. The van der Waals surface area contributed by atoms with E-state index in [1.54, 1.807) is 0 Å². The molecule has 0 heterocycles. The summed E-state index contributed by atoms with van der Waals surface area (Å²) in [7, 11) is 0. The van der Waals surface area contributed by atoms with Crippen molar-refractivity contribution in [2.75, 3.05) is 13.1 Å². The summed E-state index contributed by atoms with van der Waals surface area (Å²) < 4.78 is 5.70. The molecule has 0 radical (unpaired) electrons. The predicted molar refractivity (Wildman–Crippen MR) is 127 cm³/mol. The minimum atomic E-state index is -0.649. The Kier molecular flexibility index (Phi) is 10.9. The first kappa shape index (κ1) is 24.2. The fourth-order valence-electron chi connectivity index (χ4n) is 2.58. The summed E-state index contributed by atoms with van der Waals surface area (Å²) in [6, 6.07) is 15.9. The minimum Gasteiger partial charge on any atom is -0.491 e. The Labute approximate surface area is 185 Å². The van der Waals surface area contributed by atoms with E-state index in [0.29, 0.717) is 19.0 Å². The van der Waals surface area contributed by atoms with Crippen molar-refractivity contribution in [3.8, 4) is 5.75 Å². The highest BCUT2D eigenvalue weighted by Crippen LogP contribution is 2.19. The number of nitrogens with zero attached hydrogens (tertiary/aromatic N) is 1. The monoisotopic (exact) mass is 497 g/mol. The van der Waals surface area contributed by atoms with E-state index in [1.807, 2.05) is 45.0 Å². The lowest BCUT2D eigenvalue weighted by Crippen LogP contribution is -2.39. The topological polar surface area (TPSA) is 65.9 Å². The molecule has 2 rings (SSSR count). The van der Waals surface area contributed by atoms with Gasteiger partial charge in [0.2, 0.25) is 0 Å². The smallest absolute Gasteiger partial charge is 0.191 e. The molecule has 2 aromatic carbocycles. The molecule has 0 saturated heterocycles. The molecule has 1 unspecified atom stereocenters. The summed E-state index contributed by atoms with van der Waals surface area (Å²) in [6.45, 7) is 9.77. The molecule has 0 bridgehead atoms. The Bertz CT molecular complexity index is 733. The van der Waals surface area contributed by atoms with E-state index in [9.17, 15) is 5.11 Å². The van der Waals surface area contributed by atoms with E-state index in [2.05, 4.69) is 46.8 Å². The van der Waals surface area contributed by atoms with Crippen molar-refractivity contribution >= 4 is 29.9 Å². The Balaban J connectivity index is 0.00000392. The second kappa shape index (κ2) is 12.6. The maximum Gasteiger partial charge on any atom is 0.191 e. The number of aryl methyl sites for hydroxylation is 1. The molecule has 0 fully saturated rings. The summed E-state index contributed by atoms with van der Waals surface area (Å²) in [4.78, 5) is 4.59. The van der Waals surface area contributed by atoms with Gasteiger partial charge in [-0.3, -0.25) is 0 Å². The molecule has 154 valence electrons. The second-order valence-electron chi connectivity index (χ2n) is 6.82. The first-order chi connectivity index (χ1) is 13.0. The van der Waals surface area contributed by atoms with Gasteiger partial charge in [-0.2, -0.15) is 0 Å². The van der Waals surface area contributed by atoms with E-state index >= 15 is 0 Å². The van der Waals surface area contributed by atoms with Gasteiger partial charge in [0.05, 0.1) is 18.8 Å². The average molecular weight is 497 g/mol. The van der Waals surface area contributed by atoms with Gasteiger partial charge in [0.1, 0.15) is 5.75 Å². The number of aliphatic hydroxyl groups excluding tert-OH is 1. The summed E-state index contributed by atoms with van der Waals surface area (Å²) >= 11 is 0. The minimum absolute atomic E-state index is 0. The first-order valence-corrected chi connectivity index (χ1v) is 9.50. The summed E-state index contributed by atoms with van der Waals surface area (Å²) in [5.74, 6) is 1.45. The molecule has 3 N–H and O–H groups in total. The molecule has 6 heteroatoms. The fourth-order valence-corrected chi connectivity index (χ4v) is 2.58. The van der Waals surface area contributed by atoms with Crippen LogP contribution in [-0.2, 0) is 6.54 Å². The number of nitrogens with one attached hydrogen (secondary N) is 2. The molecule has 0 saturated carbocycles. The third-order valence-corrected chi connectivity index (χ3v) is 3.96. The molecule has 0 spiro atoms. The molecule has 0 aromatic heterocycles. The van der Waals surface area contributed by atoms with Crippen LogP contribution in [0.2, 0.25) is 0 Å². The maximum atomic E-state index is 10.5. The van der Waals surface area contributed by atoms with Crippen LogP contribution in [0.5, 0.6) is 5.75 Å². The van der Waals surface area contributed by atoms with Crippen LogP contribution < -0.4 is 15.4 Å². The van der Waals surface area contributed by atoms with Crippen LogP contribution in [-0.4, -0.2) is 30.3 Å². The molecule has 1 atom stereocenters. The Morgan fingerprint density at radius 3 is 2.46 bits per heavy atom. The number of guanidine groups is 1. The van der Waals surface area contributed by atoms with Crippen LogP contribution in [0.15, 0.2) is 53.5 Å². The number of hydrogen-bond acceptors (Lipinski definition) is 3. The van der Waals surface area contributed by atoms with Crippen molar-refractivity contribution in [3.63, 3.8) is 0 Å². The number of benzene rings is 2. The third-order valence-electron chi connectivity index (χ3n) is 3.96. The van der Waals surface area contributed by atoms with Gasteiger partial charge in [0, 0.05) is 13.1 Å². The van der Waals surface area contributed by atoms with E-state index in [1.165, 1.54) is 5.56 Å². The summed E-state index contributed by atoms with van der Waals surface area (Å²) in [6.07, 6.45) is -0.547. The zero-order valence-corrected chi connectivity index (χ0v) is 19.4. The highest BCUT2D eigenvalue weighted by Gasteiger charge is 2.10. The Morgan fingerprint density at radius 2 is 1.82 bits per heavy atom. The number of hydrogen-bond donors (Lipinski definition) is 3. The number of halogens is 1. The van der Waals surface area contributed by atoms with E-state index in [-0.39, 0.29) is 30.1 Å². The van der Waals surface area contributed by atoms with Gasteiger partial charge in [-0.1, -0.05) is 42.0 Å². The van der Waals surface area contributed by atoms with E-state index in [4.69, 9.17) is 4.74 Å². The van der Waals surface area contributed by atoms with Crippen molar-refractivity contribution < 1.29 is 9.84 Å². The third kappa shape index (κ3) is 8.48. The number of rotatable bonds is 8. The highest BCUT2D eigenvalue weighted by atomic mass is 127. The quantitative estimate of drug-likeness (QED) is 0.291. The lowest BCUT2D eigenvalue weighted by atomic mass is 10.1. The van der Waals surface area contributed by atoms with Crippen molar-refractivity contribution in [1.29, 1.82) is 0 Å². The summed E-state index contributed by atoms with van der Waals surface area (Å²) in [5.41, 5.74) is 3.20. The molecule has 0 aliphatic rings. The molecule has 28 heavy (non-hydrogen) atoms. The SMILES string of the molecule is CCNC(=NCc1ccc(C)cc1)NCC(O)c1cccc(OC(C)C)c1.I. The average Bonchev–Trinajstić information content (AvgIpc) is 2.64. The highest BCUT2D eigenvalue weighted by molar-refractivity contribution is 14.0. The normalized spacial score (nSPS) is 12.3. The number of aliphatic hydroxyl groups is 1. The zero-order valence-electron chi connectivity index (χ0n) is 17.1. The Hall–Kier alpha value is -1.80. The number of ether oxygens (including phenoxy) is 1. The van der Waals surface area contributed by atoms with Crippen LogP contribution in [0, 0.1) is 6.92 Å². The van der Waals surface area contributed by atoms with Gasteiger partial charge in [-0.05, 0) is 51.0 Å². The van der Waals surface area contributed by atoms with Crippen molar-refractivity contribution in [1.82, 2.24) is 10.6 Å². The van der Waals surface area contributed by atoms with Crippen LogP contribution >= 0.6 is 24.0 Å². The van der Waals surface area contributed by atoms with Gasteiger partial charge >= 0.3 is 0 Å². The van der Waals surface area contributed by atoms with Gasteiger partial charge in [0.25, 0.3) is 0 Å². The molecule has 0 aliphatic carbocycles. The van der Waals surface area contributed by atoms with Gasteiger partial charge in [0.15, 0.2) is 5.96 Å². The summed E-state index contributed by atoms with van der Waals surface area (Å²) in [5, 5.41) is 16.9. The standard InChI is InChI=1S/C22H31N3O2.HI/c1-5-23-22(24-14-18-11-9-17(4)10-12-18)25-15-21(26)19-7-6-8-20(13-19)27-16(2)3;/h6-13,16,21,26H,5,14-15H2,1-4H3,(H2,23,24,25);1H. The maximum absolute atomic E-state index is 10.5. The molecule has 0 aliphatic heterocycles. The van der Waals surface area contributed by atoms with Crippen molar-refractivity contribution in [2.45, 2.75) is 46.4 Å². The van der Waals surface area contributed by atoms with E-state index in [0.717, 1.165) is 23.4 Å². The second-order valence-corrected chi connectivity index (χ2v) is 6.82. The van der Waals surface area contributed by atoms with Gasteiger partial charge < -0.3 is 20.5 Å². The predicted octanol–water partition coefficient (Wildman–Crippen LogP) is 4.19. The van der Waals surface area contributed by atoms with E-state index < -0.39 is 6.10 Å². The lowest BCUT2D eigenvalue weighted by Gasteiger charge is -2.17. The van der Waals surface area contributed by atoms with Crippen molar-refractivity contribution in [3.05, 3.63) is 65.2 Å². The first-order valence-electron chi connectivity index (χ1n) is 9.50. The molecule has 2 aromatic rings. The van der Waals surface area contributed by atoms with Gasteiger partial charge in [-0.25, -0.2) is 4.99 Å². The van der Waals surface area contributed by atoms with Crippen molar-refractivity contribution in [2.24, 2.45) is 4.99 Å². The fraction of sp³-hybridized carbons (Fsp3) is 0.409. The van der Waals surface area contributed by atoms with Gasteiger partial charge in [-0.15, -0.1) is 24.0 Å². The van der Waals surface area contributed by atoms with Crippen LogP contribution in [0.4, 0.5) is 0 Å². The molecule has 5 nitrogen and oxygen atoms in total. The van der Waals surface area contributed by atoms with Crippen LogP contribution in [0.1, 0.15) is 43.6 Å². The van der Waals surface area contributed by atoms with Crippen LogP contribution in [0.25, 0.3) is 0 Å². The Morgan fingerprint density at radius 1 is 1.11 bits per heavy atom. The van der Waals surface area contributed by atoms with Crippen LogP contribution in [0.3, 0.4) is 0 Å². The number of aliphatic imine (C=N–C) groups is 1. The lowest BCUT2D eigenvalue weighted by molar-refractivity contribution is 0.179. The molecule has 0 amide bonds. The zero-order chi connectivity index (χ0) is 19.6.